The van der Waals surface area contributed by atoms with Crippen LogP contribution in [0, 0.1) is 0 Å². The van der Waals surface area contributed by atoms with Crippen LogP contribution in [0.25, 0.3) is 0 Å². The lowest BCUT2D eigenvalue weighted by Gasteiger charge is -2.33. The fraction of sp³-hybridized carbons (Fsp3) is 0.467. The molecule has 4 nitrogen and oxygen atoms in total. The number of piperidine rings is 1. The molecular formula is C15H19NO3. The molecule has 1 saturated heterocycles. The molecule has 102 valence electrons. The van der Waals surface area contributed by atoms with Crippen LogP contribution in [-0.2, 0) is 4.79 Å². The van der Waals surface area contributed by atoms with E-state index in [0.29, 0.717) is 17.9 Å². The third-order valence-electron chi connectivity index (χ3n) is 3.71. The van der Waals surface area contributed by atoms with E-state index in [1.165, 1.54) is 0 Å². The van der Waals surface area contributed by atoms with Crippen LogP contribution in [0.4, 0.5) is 0 Å². The van der Waals surface area contributed by atoms with Crippen molar-refractivity contribution in [2.75, 3.05) is 13.1 Å². The topological polar surface area (TPSA) is 57.6 Å². The summed E-state index contributed by atoms with van der Waals surface area (Å²) in [5.41, 5.74) is 1.43. The quantitative estimate of drug-likeness (QED) is 0.909. The average Bonchev–Trinajstić information content (AvgIpc) is 2.46. The smallest absolute Gasteiger partial charge is 0.335 e. The number of rotatable bonds is 3. The molecule has 1 fully saturated rings. The van der Waals surface area contributed by atoms with Crippen molar-refractivity contribution in [3.05, 3.63) is 35.4 Å². The van der Waals surface area contributed by atoms with E-state index in [9.17, 15) is 9.59 Å². The first-order valence-corrected chi connectivity index (χ1v) is 6.73. The third kappa shape index (κ3) is 3.13. The average molecular weight is 261 g/mol. The summed E-state index contributed by atoms with van der Waals surface area (Å²) in [7, 11) is 0. The van der Waals surface area contributed by atoms with Gasteiger partial charge in [0.1, 0.15) is 0 Å². The molecule has 0 radical (unpaired) electrons. The van der Waals surface area contributed by atoms with E-state index in [-0.39, 0.29) is 5.91 Å². The Hall–Kier alpha value is -1.84. The Bertz CT molecular complexity index is 467. The molecular weight excluding hydrogens is 242 g/mol. The van der Waals surface area contributed by atoms with E-state index in [1.54, 1.807) is 12.1 Å². The predicted molar refractivity (Wildman–Crippen MR) is 72.2 cm³/mol. The highest BCUT2D eigenvalue weighted by atomic mass is 16.4. The number of carbonyl (C=O) groups is 2. The fourth-order valence-electron chi connectivity index (χ4n) is 2.60. The van der Waals surface area contributed by atoms with Crippen LogP contribution >= 0.6 is 0 Å². The zero-order valence-electron chi connectivity index (χ0n) is 11.1. The van der Waals surface area contributed by atoms with E-state index in [4.69, 9.17) is 5.11 Å². The number of amides is 1. The molecule has 1 amide bonds. The molecule has 19 heavy (non-hydrogen) atoms. The lowest BCUT2D eigenvalue weighted by molar-refractivity contribution is -0.132. The molecule has 1 unspecified atom stereocenters. The Kier molecular flexibility index (Phi) is 4.20. The van der Waals surface area contributed by atoms with Crippen LogP contribution in [0.2, 0.25) is 0 Å². The SMILES string of the molecule is CCC(=O)N1CCCC(c2ccc(C(=O)O)cc2)C1. The number of hydrogen-bond acceptors (Lipinski definition) is 2. The van der Waals surface area contributed by atoms with Crippen molar-refractivity contribution >= 4 is 11.9 Å². The standard InChI is InChI=1S/C15H19NO3/c1-2-14(17)16-9-3-4-13(10-16)11-5-7-12(8-6-11)15(18)19/h5-8,13H,2-4,9-10H2,1H3,(H,18,19). The first-order valence-electron chi connectivity index (χ1n) is 6.73. The van der Waals surface area contributed by atoms with Crippen molar-refractivity contribution in [2.45, 2.75) is 32.1 Å². The van der Waals surface area contributed by atoms with E-state index >= 15 is 0 Å². The molecule has 1 aromatic carbocycles. The zero-order chi connectivity index (χ0) is 13.8. The van der Waals surface area contributed by atoms with Gasteiger partial charge in [-0.25, -0.2) is 4.79 Å². The summed E-state index contributed by atoms with van der Waals surface area (Å²) in [4.78, 5) is 24.5. The monoisotopic (exact) mass is 261 g/mol. The number of hydrogen-bond donors (Lipinski definition) is 1. The van der Waals surface area contributed by atoms with Gasteiger partial charge in [0, 0.05) is 25.4 Å². The van der Waals surface area contributed by atoms with Gasteiger partial charge in [-0.15, -0.1) is 0 Å². The summed E-state index contributed by atoms with van der Waals surface area (Å²) in [6.07, 6.45) is 2.61. The maximum atomic E-state index is 11.7. The van der Waals surface area contributed by atoms with Crippen LogP contribution < -0.4 is 0 Å². The van der Waals surface area contributed by atoms with Gasteiger partial charge in [0.05, 0.1) is 5.56 Å². The molecule has 1 atom stereocenters. The number of aromatic carboxylic acids is 1. The van der Waals surface area contributed by atoms with Gasteiger partial charge in [0.15, 0.2) is 0 Å². The van der Waals surface area contributed by atoms with Gasteiger partial charge >= 0.3 is 5.97 Å². The van der Waals surface area contributed by atoms with Gasteiger partial charge in [-0.1, -0.05) is 19.1 Å². The highest BCUT2D eigenvalue weighted by Gasteiger charge is 2.23. The van der Waals surface area contributed by atoms with Crippen molar-refractivity contribution in [3.63, 3.8) is 0 Å². The number of carbonyl (C=O) groups excluding carboxylic acids is 1. The van der Waals surface area contributed by atoms with Crippen molar-refractivity contribution in [3.8, 4) is 0 Å². The zero-order valence-corrected chi connectivity index (χ0v) is 11.1. The van der Waals surface area contributed by atoms with Crippen LogP contribution in [0.15, 0.2) is 24.3 Å². The van der Waals surface area contributed by atoms with Crippen molar-refractivity contribution in [1.29, 1.82) is 0 Å². The largest absolute Gasteiger partial charge is 0.478 e. The fourth-order valence-corrected chi connectivity index (χ4v) is 2.60. The van der Waals surface area contributed by atoms with Crippen molar-refractivity contribution < 1.29 is 14.7 Å². The maximum Gasteiger partial charge on any atom is 0.335 e. The van der Waals surface area contributed by atoms with Crippen LogP contribution in [0.1, 0.15) is 48.0 Å². The summed E-state index contributed by atoms with van der Waals surface area (Å²) in [6, 6.07) is 7.01. The van der Waals surface area contributed by atoms with Gasteiger partial charge < -0.3 is 10.0 Å². The second-order valence-electron chi connectivity index (χ2n) is 4.96. The molecule has 1 N–H and O–H groups in total. The van der Waals surface area contributed by atoms with E-state index in [1.807, 2.05) is 24.0 Å². The Morgan fingerprint density at radius 2 is 2.00 bits per heavy atom. The molecule has 0 saturated carbocycles. The van der Waals surface area contributed by atoms with Gasteiger partial charge in [-0.05, 0) is 30.5 Å². The molecule has 0 spiro atoms. The number of carboxylic acid groups (broad SMARTS) is 1. The second kappa shape index (κ2) is 5.87. The number of carboxylic acids is 1. The minimum Gasteiger partial charge on any atom is -0.478 e. The summed E-state index contributed by atoms with van der Waals surface area (Å²) < 4.78 is 0. The third-order valence-corrected chi connectivity index (χ3v) is 3.71. The summed E-state index contributed by atoms with van der Waals surface area (Å²) in [5.74, 6) is -0.378. The second-order valence-corrected chi connectivity index (χ2v) is 4.96. The molecule has 2 rings (SSSR count). The van der Waals surface area contributed by atoms with Gasteiger partial charge in [0.25, 0.3) is 0 Å². The van der Waals surface area contributed by atoms with Gasteiger partial charge in [-0.3, -0.25) is 4.79 Å². The summed E-state index contributed by atoms with van der Waals surface area (Å²) >= 11 is 0. The minimum atomic E-state index is -0.905. The minimum absolute atomic E-state index is 0.201. The Morgan fingerprint density at radius 1 is 1.32 bits per heavy atom. The first-order chi connectivity index (χ1) is 9.11. The Labute approximate surface area is 113 Å². The molecule has 1 aromatic rings. The van der Waals surface area contributed by atoms with E-state index < -0.39 is 5.97 Å². The van der Waals surface area contributed by atoms with Gasteiger partial charge in [0.2, 0.25) is 5.91 Å². The predicted octanol–water partition coefficient (Wildman–Crippen LogP) is 2.50. The lowest BCUT2D eigenvalue weighted by atomic mass is 9.90. The molecule has 1 heterocycles. The molecule has 1 aliphatic rings. The normalized spacial score (nSPS) is 19.2. The van der Waals surface area contributed by atoms with Crippen LogP contribution in [0.5, 0.6) is 0 Å². The molecule has 4 heteroatoms. The Morgan fingerprint density at radius 3 is 2.58 bits per heavy atom. The highest BCUT2D eigenvalue weighted by molar-refractivity contribution is 5.87. The molecule has 0 aliphatic carbocycles. The number of nitrogens with zero attached hydrogens (tertiary/aromatic N) is 1. The summed E-state index contributed by atoms with van der Waals surface area (Å²) in [6.45, 7) is 3.48. The van der Waals surface area contributed by atoms with E-state index in [2.05, 4.69) is 0 Å². The Balaban J connectivity index is 2.08. The van der Waals surface area contributed by atoms with Crippen LogP contribution in [0.3, 0.4) is 0 Å². The highest BCUT2D eigenvalue weighted by Crippen LogP contribution is 2.27. The summed E-state index contributed by atoms with van der Waals surface area (Å²) in [5, 5.41) is 8.88. The lowest BCUT2D eigenvalue weighted by Crippen LogP contribution is -2.38. The van der Waals surface area contributed by atoms with Crippen molar-refractivity contribution in [1.82, 2.24) is 4.90 Å². The number of likely N-dealkylation sites (tertiary alicyclic amines) is 1. The first kappa shape index (κ1) is 13.6. The number of benzene rings is 1. The van der Waals surface area contributed by atoms with Crippen LogP contribution in [-0.4, -0.2) is 35.0 Å². The molecule has 0 aromatic heterocycles. The molecule has 0 bridgehead atoms. The van der Waals surface area contributed by atoms with Crippen molar-refractivity contribution in [2.24, 2.45) is 0 Å². The van der Waals surface area contributed by atoms with E-state index in [0.717, 1.165) is 31.5 Å². The van der Waals surface area contributed by atoms with Gasteiger partial charge in [-0.2, -0.15) is 0 Å². The molecule has 1 aliphatic heterocycles. The maximum absolute atomic E-state index is 11.7.